The SMILES string of the molecule is Cc1ccccc1N1CCN(CCCCC2c3ccccc3-c3ccccc32)CC1. The van der Waals surface area contributed by atoms with Crippen LogP contribution in [0, 0.1) is 6.92 Å². The van der Waals surface area contributed by atoms with Crippen LogP contribution < -0.4 is 4.90 Å². The van der Waals surface area contributed by atoms with Gasteiger partial charge in [0.15, 0.2) is 0 Å². The predicted molar refractivity (Wildman–Crippen MR) is 127 cm³/mol. The zero-order chi connectivity index (χ0) is 20.3. The Morgan fingerprint density at radius 3 is 1.97 bits per heavy atom. The van der Waals surface area contributed by atoms with Crippen molar-refractivity contribution in [3.63, 3.8) is 0 Å². The third-order valence-electron chi connectivity index (χ3n) is 7.01. The van der Waals surface area contributed by atoms with E-state index in [1.165, 1.54) is 72.4 Å². The topological polar surface area (TPSA) is 6.48 Å². The molecule has 1 aliphatic carbocycles. The minimum atomic E-state index is 0.579. The minimum Gasteiger partial charge on any atom is -0.369 e. The number of fused-ring (bicyclic) bond motifs is 3. The molecule has 30 heavy (non-hydrogen) atoms. The average Bonchev–Trinajstić information content (AvgIpc) is 3.11. The number of nitrogens with zero attached hydrogens (tertiary/aromatic N) is 2. The Morgan fingerprint density at radius 2 is 1.30 bits per heavy atom. The molecular weight excluding hydrogens is 364 g/mol. The van der Waals surface area contributed by atoms with Crippen LogP contribution in [0.4, 0.5) is 5.69 Å². The Labute approximate surface area is 181 Å². The standard InChI is InChI=1S/C28H32N2/c1-22-10-2-7-16-28(22)30-20-18-29(19-21-30)17-9-8-15-27-25-13-5-3-11-23(25)24-12-4-6-14-26(24)27/h2-7,10-14,16,27H,8-9,15,17-21H2,1H3. The van der Waals surface area contributed by atoms with Crippen molar-refractivity contribution in [1.29, 1.82) is 0 Å². The molecule has 0 N–H and O–H groups in total. The molecule has 0 aromatic heterocycles. The summed E-state index contributed by atoms with van der Waals surface area (Å²) in [6, 6.07) is 26.8. The van der Waals surface area contributed by atoms with Crippen LogP contribution in [0.3, 0.4) is 0 Å². The van der Waals surface area contributed by atoms with Crippen molar-refractivity contribution in [3.05, 3.63) is 89.5 Å². The van der Waals surface area contributed by atoms with E-state index in [4.69, 9.17) is 0 Å². The zero-order valence-electron chi connectivity index (χ0n) is 18.1. The van der Waals surface area contributed by atoms with Gasteiger partial charge in [0.1, 0.15) is 0 Å². The van der Waals surface area contributed by atoms with Gasteiger partial charge in [-0.2, -0.15) is 0 Å². The van der Waals surface area contributed by atoms with Gasteiger partial charge in [-0.1, -0.05) is 73.2 Å². The van der Waals surface area contributed by atoms with Crippen LogP contribution in [0.1, 0.15) is 41.9 Å². The Balaban J connectivity index is 1.13. The Hall–Kier alpha value is -2.58. The maximum atomic E-state index is 2.66. The second kappa shape index (κ2) is 8.65. The second-order valence-corrected chi connectivity index (χ2v) is 8.84. The van der Waals surface area contributed by atoms with Gasteiger partial charge in [0.25, 0.3) is 0 Å². The van der Waals surface area contributed by atoms with Gasteiger partial charge in [-0.05, 0) is 60.2 Å². The molecule has 3 aromatic carbocycles. The Kier molecular flexibility index (Phi) is 5.59. The number of hydrogen-bond acceptors (Lipinski definition) is 2. The number of aryl methyl sites for hydroxylation is 1. The summed E-state index contributed by atoms with van der Waals surface area (Å²) in [6.45, 7) is 8.12. The molecule has 5 rings (SSSR count). The molecule has 154 valence electrons. The summed E-state index contributed by atoms with van der Waals surface area (Å²) in [6.07, 6.45) is 3.85. The fourth-order valence-electron chi connectivity index (χ4n) is 5.39. The van der Waals surface area contributed by atoms with Gasteiger partial charge in [0.2, 0.25) is 0 Å². The average molecular weight is 397 g/mol. The monoisotopic (exact) mass is 396 g/mol. The first-order chi connectivity index (χ1) is 14.8. The van der Waals surface area contributed by atoms with E-state index in [2.05, 4.69) is 89.5 Å². The van der Waals surface area contributed by atoms with Crippen molar-refractivity contribution in [1.82, 2.24) is 4.90 Å². The molecule has 0 unspecified atom stereocenters. The molecule has 0 amide bonds. The lowest BCUT2D eigenvalue weighted by atomic mass is 9.91. The van der Waals surface area contributed by atoms with Gasteiger partial charge < -0.3 is 4.90 Å². The highest BCUT2D eigenvalue weighted by Crippen LogP contribution is 2.46. The van der Waals surface area contributed by atoms with E-state index in [9.17, 15) is 0 Å². The van der Waals surface area contributed by atoms with Crippen molar-refractivity contribution in [3.8, 4) is 11.1 Å². The van der Waals surface area contributed by atoms with Crippen LogP contribution in [0.15, 0.2) is 72.8 Å². The van der Waals surface area contributed by atoms with Gasteiger partial charge in [-0.3, -0.25) is 4.90 Å². The molecule has 0 radical (unpaired) electrons. The van der Waals surface area contributed by atoms with E-state index in [1.54, 1.807) is 0 Å². The van der Waals surface area contributed by atoms with Crippen molar-refractivity contribution in [2.45, 2.75) is 32.1 Å². The van der Waals surface area contributed by atoms with Crippen molar-refractivity contribution in [2.75, 3.05) is 37.6 Å². The highest BCUT2D eigenvalue weighted by Gasteiger charge is 2.27. The molecule has 0 saturated carbocycles. The van der Waals surface area contributed by atoms with Gasteiger partial charge in [0, 0.05) is 37.8 Å². The number of piperazine rings is 1. The van der Waals surface area contributed by atoms with E-state index < -0.39 is 0 Å². The van der Waals surface area contributed by atoms with Crippen LogP contribution in [-0.4, -0.2) is 37.6 Å². The number of hydrogen-bond donors (Lipinski definition) is 0. The van der Waals surface area contributed by atoms with Crippen LogP contribution in [0.2, 0.25) is 0 Å². The van der Waals surface area contributed by atoms with Gasteiger partial charge in [-0.25, -0.2) is 0 Å². The highest BCUT2D eigenvalue weighted by atomic mass is 15.3. The molecule has 0 bridgehead atoms. The summed E-state index contributed by atoms with van der Waals surface area (Å²) < 4.78 is 0. The maximum Gasteiger partial charge on any atom is 0.0396 e. The molecule has 0 spiro atoms. The predicted octanol–water partition coefficient (Wildman–Crippen LogP) is 6.10. The van der Waals surface area contributed by atoms with E-state index in [0.29, 0.717) is 5.92 Å². The zero-order valence-corrected chi connectivity index (χ0v) is 18.1. The molecule has 2 heteroatoms. The normalized spacial score (nSPS) is 16.5. The maximum absolute atomic E-state index is 2.66. The molecule has 1 fully saturated rings. The van der Waals surface area contributed by atoms with Crippen molar-refractivity contribution in [2.24, 2.45) is 0 Å². The fraction of sp³-hybridized carbons (Fsp3) is 0.357. The van der Waals surface area contributed by atoms with Crippen LogP contribution in [0.5, 0.6) is 0 Å². The Bertz CT molecular complexity index is 955. The summed E-state index contributed by atoms with van der Waals surface area (Å²) in [5.41, 5.74) is 8.77. The third-order valence-corrected chi connectivity index (χ3v) is 7.01. The smallest absolute Gasteiger partial charge is 0.0396 e. The molecule has 3 aromatic rings. The number of anilines is 1. The first kappa shape index (κ1) is 19.4. The first-order valence-electron chi connectivity index (χ1n) is 11.5. The fourth-order valence-corrected chi connectivity index (χ4v) is 5.39. The van der Waals surface area contributed by atoms with E-state index in [1.807, 2.05) is 0 Å². The first-order valence-corrected chi connectivity index (χ1v) is 11.5. The Morgan fingerprint density at radius 1 is 0.700 bits per heavy atom. The number of unbranched alkanes of at least 4 members (excludes halogenated alkanes) is 1. The molecule has 0 atom stereocenters. The van der Waals surface area contributed by atoms with Crippen LogP contribution in [-0.2, 0) is 0 Å². The number of para-hydroxylation sites is 1. The lowest BCUT2D eigenvalue weighted by Crippen LogP contribution is -2.46. The summed E-state index contributed by atoms with van der Waals surface area (Å²) in [4.78, 5) is 5.21. The van der Waals surface area contributed by atoms with E-state index >= 15 is 0 Å². The summed E-state index contributed by atoms with van der Waals surface area (Å²) in [7, 11) is 0. The molecule has 1 aliphatic heterocycles. The van der Waals surface area contributed by atoms with E-state index in [-0.39, 0.29) is 0 Å². The van der Waals surface area contributed by atoms with Crippen molar-refractivity contribution < 1.29 is 0 Å². The highest BCUT2D eigenvalue weighted by molar-refractivity contribution is 5.78. The molecule has 1 saturated heterocycles. The van der Waals surface area contributed by atoms with Crippen LogP contribution in [0.25, 0.3) is 11.1 Å². The summed E-state index contributed by atoms with van der Waals surface area (Å²) in [5, 5.41) is 0. The number of rotatable bonds is 6. The third kappa shape index (κ3) is 3.77. The molecule has 1 heterocycles. The van der Waals surface area contributed by atoms with Gasteiger partial charge in [0.05, 0.1) is 0 Å². The molecule has 2 nitrogen and oxygen atoms in total. The second-order valence-electron chi connectivity index (χ2n) is 8.84. The molecular formula is C28H32N2. The summed E-state index contributed by atoms with van der Waals surface area (Å²) >= 11 is 0. The van der Waals surface area contributed by atoms with Crippen molar-refractivity contribution >= 4 is 5.69 Å². The largest absolute Gasteiger partial charge is 0.369 e. The van der Waals surface area contributed by atoms with Gasteiger partial charge in [-0.15, -0.1) is 0 Å². The summed E-state index contributed by atoms with van der Waals surface area (Å²) in [5.74, 6) is 0.579. The van der Waals surface area contributed by atoms with Crippen LogP contribution >= 0.6 is 0 Å². The van der Waals surface area contributed by atoms with E-state index in [0.717, 1.165) is 13.1 Å². The lowest BCUT2D eigenvalue weighted by molar-refractivity contribution is 0.252. The lowest BCUT2D eigenvalue weighted by Gasteiger charge is -2.36. The molecule has 2 aliphatic rings. The minimum absolute atomic E-state index is 0.579. The quantitative estimate of drug-likeness (QED) is 0.465. The van der Waals surface area contributed by atoms with Gasteiger partial charge >= 0.3 is 0 Å². The number of benzene rings is 3.